The average Bonchev–Trinajstić information content (AvgIpc) is 3.77. The third-order valence-corrected chi connectivity index (χ3v) is 12.6. The van der Waals surface area contributed by atoms with Gasteiger partial charge in [0.15, 0.2) is 0 Å². The van der Waals surface area contributed by atoms with Gasteiger partial charge in [-0.15, -0.1) is 0 Å². The van der Waals surface area contributed by atoms with Crippen LogP contribution < -0.4 is 9.80 Å². The lowest BCUT2D eigenvalue weighted by molar-refractivity contribution is 0.673. The maximum atomic E-state index is 7.00. The number of benzene rings is 11. The van der Waals surface area contributed by atoms with Gasteiger partial charge in [-0.25, -0.2) is 0 Å². The fourth-order valence-electron chi connectivity index (χ4n) is 9.62. The summed E-state index contributed by atoms with van der Waals surface area (Å²) in [6, 6.07) is 91.2. The van der Waals surface area contributed by atoms with E-state index in [4.69, 9.17) is 4.42 Å². The average molecular weight is 831 g/mol. The van der Waals surface area contributed by atoms with Gasteiger partial charge in [0.2, 0.25) is 0 Å². The van der Waals surface area contributed by atoms with Gasteiger partial charge in [-0.3, -0.25) is 0 Å². The highest BCUT2D eigenvalue weighted by Crippen LogP contribution is 2.49. The molecule has 1 aromatic heterocycles. The molecule has 3 nitrogen and oxygen atoms in total. The second-order valence-electron chi connectivity index (χ2n) is 16.4. The maximum Gasteiger partial charge on any atom is 0.143 e. The minimum Gasteiger partial charge on any atom is -0.455 e. The molecule has 12 rings (SSSR count). The number of hydrogen-bond donors (Lipinski definition) is 0. The maximum absolute atomic E-state index is 7.00. The van der Waals surface area contributed by atoms with Gasteiger partial charge in [0.25, 0.3) is 0 Å². The molecule has 0 bridgehead atoms. The second kappa shape index (κ2) is 16.2. The van der Waals surface area contributed by atoms with Crippen molar-refractivity contribution in [3.63, 3.8) is 0 Å². The third kappa shape index (κ3) is 6.78. The van der Waals surface area contributed by atoms with Crippen LogP contribution >= 0.6 is 0 Å². The Labute approximate surface area is 378 Å². The van der Waals surface area contributed by atoms with Gasteiger partial charge in [0.05, 0.1) is 17.1 Å². The monoisotopic (exact) mass is 830 g/mol. The van der Waals surface area contributed by atoms with Crippen molar-refractivity contribution in [2.75, 3.05) is 9.80 Å². The lowest BCUT2D eigenvalue weighted by Gasteiger charge is -2.29. The van der Waals surface area contributed by atoms with Crippen LogP contribution in [-0.2, 0) is 0 Å². The van der Waals surface area contributed by atoms with Crippen LogP contribution in [0, 0.1) is 0 Å². The summed E-state index contributed by atoms with van der Waals surface area (Å²) in [5, 5.41) is 6.68. The summed E-state index contributed by atoms with van der Waals surface area (Å²) < 4.78 is 7.00. The first kappa shape index (κ1) is 38.0. The zero-order valence-electron chi connectivity index (χ0n) is 35.6. The van der Waals surface area contributed by atoms with Crippen molar-refractivity contribution in [3.05, 3.63) is 255 Å². The highest BCUT2D eigenvalue weighted by molar-refractivity contribution is 6.23. The predicted octanol–water partition coefficient (Wildman–Crippen LogP) is 17.8. The first-order chi connectivity index (χ1) is 32.3. The van der Waals surface area contributed by atoms with Crippen molar-refractivity contribution in [1.29, 1.82) is 0 Å². The summed E-state index contributed by atoms with van der Waals surface area (Å²) in [7, 11) is 0. The van der Waals surface area contributed by atoms with Crippen molar-refractivity contribution < 1.29 is 4.42 Å². The molecule has 0 aliphatic carbocycles. The van der Waals surface area contributed by atoms with Gasteiger partial charge in [0.1, 0.15) is 11.2 Å². The van der Waals surface area contributed by atoms with Gasteiger partial charge in [-0.05, 0) is 93.9 Å². The molecule has 0 saturated carbocycles. The predicted molar refractivity (Wildman–Crippen MR) is 274 cm³/mol. The number of hydrogen-bond acceptors (Lipinski definition) is 3. The van der Waals surface area contributed by atoms with Gasteiger partial charge < -0.3 is 14.2 Å². The van der Waals surface area contributed by atoms with Crippen LogP contribution in [0.15, 0.2) is 259 Å². The number of nitrogens with zero attached hydrogens (tertiary/aromatic N) is 2. The molecule has 0 spiro atoms. The van der Waals surface area contributed by atoms with E-state index in [1.165, 1.54) is 33.0 Å². The molecular formula is C62H42N2O. The van der Waals surface area contributed by atoms with Crippen LogP contribution in [0.2, 0.25) is 0 Å². The SMILES string of the molecule is c1ccc(-c2ccc(N(c3ccc(-c4ccccc4)cc3)c3cc4c(oc5cccc(-c6ccccc6N(c6ccccc6)c6cccc7ccccc67)c54)c4ccccc34)cc2)cc1. The first-order valence-corrected chi connectivity index (χ1v) is 22.2. The highest BCUT2D eigenvalue weighted by atomic mass is 16.3. The van der Waals surface area contributed by atoms with Crippen LogP contribution in [0.25, 0.3) is 76.9 Å². The molecule has 0 atom stereocenters. The van der Waals surface area contributed by atoms with Crippen molar-refractivity contribution in [1.82, 2.24) is 0 Å². The normalized spacial score (nSPS) is 11.4. The van der Waals surface area contributed by atoms with E-state index in [1.807, 2.05) is 0 Å². The minimum absolute atomic E-state index is 0.844. The van der Waals surface area contributed by atoms with Gasteiger partial charge in [-0.1, -0.05) is 194 Å². The van der Waals surface area contributed by atoms with E-state index in [9.17, 15) is 0 Å². The first-order valence-electron chi connectivity index (χ1n) is 22.2. The van der Waals surface area contributed by atoms with E-state index in [2.05, 4.69) is 265 Å². The molecule has 0 unspecified atom stereocenters. The fourth-order valence-corrected chi connectivity index (χ4v) is 9.62. The lowest BCUT2D eigenvalue weighted by Crippen LogP contribution is -2.11. The van der Waals surface area contributed by atoms with E-state index < -0.39 is 0 Å². The molecule has 3 heteroatoms. The topological polar surface area (TPSA) is 19.6 Å². The second-order valence-corrected chi connectivity index (χ2v) is 16.4. The summed E-state index contributed by atoms with van der Waals surface area (Å²) in [6.07, 6.45) is 0. The summed E-state index contributed by atoms with van der Waals surface area (Å²) in [4.78, 5) is 4.80. The number of fused-ring (bicyclic) bond motifs is 6. The Morgan fingerprint density at radius 3 is 1.43 bits per heavy atom. The van der Waals surface area contributed by atoms with E-state index >= 15 is 0 Å². The van der Waals surface area contributed by atoms with E-state index in [-0.39, 0.29) is 0 Å². The largest absolute Gasteiger partial charge is 0.455 e. The lowest BCUT2D eigenvalue weighted by atomic mass is 9.95. The Morgan fingerprint density at radius 2 is 0.754 bits per heavy atom. The zero-order valence-corrected chi connectivity index (χ0v) is 35.6. The molecule has 1 heterocycles. The van der Waals surface area contributed by atoms with Gasteiger partial charge in [-0.2, -0.15) is 0 Å². The van der Waals surface area contributed by atoms with Crippen LogP contribution in [0.3, 0.4) is 0 Å². The van der Waals surface area contributed by atoms with Crippen molar-refractivity contribution >= 4 is 77.6 Å². The molecule has 0 aliphatic heterocycles. The highest BCUT2D eigenvalue weighted by Gasteiger charge is 2.24. The van der Waals surface area contributed by atoms with E-state index in [1.54, 1.807) is 0 Å². The summed E-state index contributed by atoms with van der Waals surface area (Å²) in [6.45, 7) is 0. The molecular weight excluding hydrogens is 789 g/mol. The number of furan rings is 1. The van der Waals surface area contributed by atoms with Crippen molar-refractivity contribution in [2.24, 2.45) is 0 Å². The summed E-state index contributed by atoms with van der Waals surface area (Å²) in [5.41, 5.74) is 15.1. The summed E-state index contributed by atoms with van der Waals surface area (Å²) >= 11 is 0. The van der Waals surface area contributed by atoms with Gasteiger partial charge >= 0.3 is 0 Å². The van der Waals surface area contributed by atoms with Crippen molar-refractivity contribution in [2.45, 2.75) is 0 Å². The Balaban J connectivity index is 1.09. The Kier molecular flexibility index (Phi) is 9.50. The van der Waals surface area contributed by atoms with Crippen LogP contribution in [0.4, 0.5) is 34.1 Å². The Bertz CT molecular complexity index is 3550. The van der Waals surface area contributed by atoms with Crippen molar-refractivity contribution in [3.8, 4) is 33.4 Å². The molecule has 0 aliphatic rings. The molecule has 11 aromatic carbocycles. The standard InChI is InChI=1S/C62H42N2O/c1-4-18-43(19-5-1)45-34-38-49(39-35-45)63(50-40-36-46(37-41-50)44-20-6-2-7-21-44)59-42-56-61-54(30-17-33-60(61)65-62(56)55-29-13-12-28-53(55)59)52-27-14-15-31-58(52)64(48-24-8-3-9-25-48)57-32-16-23-47-22-10-11-26-51(47)57/h1-42H. The molecule has 0 fully saturated rings. The summed E-state index contributed by atoms with van der Waals surface area (Å²) in [5.74, 6) is 0. The molecule has 0 radical (unpaired) electrons. The molecule has 0 amide bonds. The molecule has 12 aromatic rings. The number of para-hydroxylation sites is 2. The zero-order chi connectivity index (χ0) is 43.1. The fraction of sp³-hybridized carbons (Fsp3) is 0. The smallest absolute Gasteiger partial charge is 0.143 e. The molecule has 65 heavy (non-hydrogen) atoms. The van der Waals surface area contributed by atoms with E-state index in [0.29, 0.717) is 0 Å². The van der Waals surface area contributed by atoms with Crippen LogP contribution in [-0.4, -0.2) is 0 Å². The van der Waals surface area contributed by atoms with Gasteiger partial charge in [0, 0.05) is 49.6 Å². The quantitative estimate of drug-likeness (QED) is 0.144. The molecule has 0 N–H and O–H groups in total. The van der Waals surface area contributed by atoms with Crippen LogP contribution in [0.5, 0.6) is 0 Å². The number of anilines is 6. The van der Waals surface area contributed by atoms with Crippen LogP contribution in [0.1, 0.15) is 0 Å². The molecule has 0 saturated heterocycles. The molecule has 306 valence electrons. The van der Waals surface area contributed by atoms with E-state index in [0.717, 1.165) is 78.0 Å². The third-order valence-electron chi connectivity index (χ3n) is 12.6. The minimum atomic E-state index is 0.844. The Morgan fingerprint density at radius 1 is 0.277 bits per heavy atom. The Hall–Kier alpha value is -8.66. The number of rotatable bonds is 9.